The molecule has 0 aromatic carbocycles. The Morgan fingerprint density at radius 3 is 2.55 bits per heavy atom. The maximum Gasteiger partial charge on any atom is 0.372 e. The predicted octanol–water partition coefficient (Wildman–Crippen LogP) is 1.96. The number of hydrogen-bond acceptors (Lipinski definition) is 5. The first-order valence-electron chi connectivity index (χ1n) is 6.49. The monoisotopic (exact) mass is 283 g/mol. The van der Waals surface area contributed by atoms with Crippen molar-refractivity contribution in [2.75, 3.05) is 7.11 Å². The number of rotatable bonds is 7. The SMILES string of the molecule is COC(=O)C(CC(C)C)NCc1cc(C)c(C(=O)O)o1. The third-order valence-corrected chi connectivity index (χ3v) is 2.88. The number of carbonyl (C=O) groups excluding carboxylic acids is 1. The highest BCUT2D eigenvalue weighted by Crippen LogP contribution is 2.15. The Bertz CT molecular complexity index is 478. The molecule has 0 amide bonds. The summed E-state index contributed by atoms with van der Waals surface area (Å²) in [5.41, 5.74) is 0.563. The van der Waals surface area contributed by atoms with Crippen LogP contribution in [0.5, 0.6) is 0 Å². The average Bonchev–Trinajstić information content (AvgIpc) is 2.74. The number of aromatic carboxylic acids is 1. The molecular weight excluding hydrogens is 262 g/mol. The molecule has 6 heteroatoms. The number of carboxylic acids is 1. The minimum absolute atomic E-state index is 0.0692. The van der Waals surface area contributed by atoms with E-state index in [1.165, 1.54) is 7.11 Å². The molecule has 0 bridgehead atoms. The van der Waals surface area contributed by atoms with Crippen molar-refractivity contribution in [1.82, 2.24) is 5.32 Å². The fraction of sp³-hybridized carbons (Fsp3) is 0.571. The zero-order chi connectivity index (χ0) is 15.3. The van der Waals surface area contributed by atoms with Crippen LogP contribution in [0.15, 0.2) is 10.5 Å². The number of esters is 1. The van der Waals surface area contributed by atoms with Crippen LogP contribution in [-0.2, 0) is 16.1 Å². The van der Waals surface area contributed by atoms with Gasteiger partial charge in [-0.15, -0.1) is 0 Å². The maximum absolute atomic E-state index is 11.6. The van der Waals surface area contributed by atoms with Gasteiger partial charge in [0.25, 0.3) is 0 Å². The van der Waals surface area contributed by atoms with Crippen LogP contribution in [0.3, 0.4) is 0 Å². The van der Waals surface area contributed by atoms with Gasteiger partial charge in [0.15, 0.2) is 0 Å². The minimum atomic E-state index is -1.10. The van der Waals surface area contributed by atoms with E-state index in [2.05, 4.69) is 5.32 Å². The van der Waals surface area contributed by atoms with Crippen molar-refractivity contribution < 1.29 is 23.8 Å². The molecule has 112 valence electrons. The summed E-state index contributed by atoms with van der Waals surface area (Å²) >= 11 is 0. The third kappa shape index (κ3) is 4.38. The molecule has 1 aromatic heterocycles. The lowest BCUT2D eigenvalue weighted by Gasteiger charge is -2.17. The summed E-state index contributed by atoms with van der Waals surface area (Å²) < 4.78 is 9.97. The van der Waals surface area contributed by atoms with Gasteiger partial charge >= 0.3 is 11.9 Å². The van der Waals surface area contributed by atoms with E-state index in [0.717, 1.165) is 0 Å². The first-order chi connectivity index (χ1) is 9.35. The second-order valence-electron chi connectivity index (χ2n) is 5.12. The summed E-state index contributed by atoms with van der Waals surface area (Å²) in [6.45, 7) is 5.97. The van der Waals surface area contributed by atoms with Crippen molar-refractivity contribution >= 4 is 11.9 Å². The maximum atomic E-state index is 11.6. The molecule has 0 saturated carbocycles. The summed E-state index contributed by atoms with van der Waals surface area (Å²) in [6, 6.07) is 1.22. The van der Waals surface area contributed by atoms with E-state index in [4.69, 9.17) is 14.3 Å². The number of carboxylic acid groups (broad SMARTS) is 1. The largest absolute Gasteiger partial charge is 0.475 e. The van der Waals surface area contributed by atoms with E-state index in [1.54, 1.807) is 13.0 Å². The smallest absolute Gasteiger partial charge is 0.372 e. The van der Waals surface area contributed by atoms with Crippen molar-refractivity contribution in [3.8, 4) is 0 Å². The molecule has 1 heterocycles. The van der Waals surface area contributed by atoms with Crippen molar-refractivity contribution in [3.05, 3.63) is 23.2 Å². The lowest BCUT2D eigenvalue weighted by Crippen LogP contribution is -2.38. The standard InChI is InChI=1S/C14H21NO5/c1-8(2)5-11(14(18)19-4)15-7-10-6-9(3)12(20-10)13(16)17/h6,8,11,15H,5,7H2,1-4H3,(H,16,17). The van der Waals surface area contributed by atoms with Crippen LogP contribution in [0.2, 0.25) is 0 Å². The number of aryl methyl sites for hydroxylation is 1. The number of furan rings is 1. The van der Waals surface area contributed by atoms with Crippen molar-refractivity contribution in [2.45, 2.75) is 39.8 Å². The summed E-state index contributed by atoms with van der Waals surface area (Å²) in [7, 11) is 1.34. The highest BCUT2D eigenvalue weighted by atomic mass is 16.5. The Morgan fingerprint density at radius 2 is 2.10 bits per heavy atom. The fourth-order valence-corrected chi connectivity index (χ4v) is 1.95. The van der Waals surface area contributed by atoms with E-state index >= 15 is 0 Å². The second-order valence-corrected chi connectivity index (χ2v) is 5.12. The first kappa shape index (κ1) is 16.2. The molecule has 0 saturated heterocycles. The van der Waals surface area contributed by atoms with Gasteiger partial charge in [-0.3, -0.25) is 10.1 Å². The molecule has 1 rings (SSSR count). The first-order valence-corrected chi connectivity index (χ1v) is 6.49. The normalized spacial score (nSPS) is 12.4. The average molecular weight is 283 g/mol. The van der Waals surface area contributed by atoms with Crippen LogP contribution in [0.25, 0.3) is 0 Å². The van der Waals surface area contributed by atoms with Gasteiger partial charge in [-0.25, -0.2) is 4.79 Å². The third-order valence-electron chi connectivity index (χ3n) is 2.88. The van der Waals surface area contributed by atoms with Crippen LogP contribution in [0.4, 0.5) is 0 Å². The predicted molar refractivity (Wildman–Crippen MR) is 72.5 cm³/mol. The van der Waals surface area contributed by atoms with Crippen LogP contribution in [0, 0.1) is 12.8 Å². The molecule has 6 nitrogen and oxygen atoms in total. The Morgan fingerprint density at radius 1 is 1.45 bits per heavy atom. The van der Waals surface area contributed by atoms with Crippen LogP contribution in [0.1, 0.15) is 42.1 Å². The highest BCUT2D eigenvalue weighted by Gasteiger charge is 2.21. The lowest BCUT2D eigenvalue weighted by molar-refractivity contribution is -0.143. The Balaban J connectivity index is 2.69. The van der Waals surface area contributed by atoms with Gasteiger partial charge in [0, 0.05) is 5.56 Å². The quantitative estimate of drug-likeness (QED) is 0.744. The van der Waals surface area contributed by atoms with Crippen molar-refractivity contribution in [1.29, 1.82) is 0 Å². The Labute approximate surface area is 118 Å². The fourth-order valence-electron chi connectivity index (χ4n) is 1.95. The van der Waals surface area contributed by atoms with Crippen molar-refractivity contribution in [3.63, 3.8) is 0 Å². The van der Waals surface area contributed by atoms with E-state index in [9.17, 15) is 9.59 Å². The second kappa shape index (κ2) is 7.09. The molecule has 2 N–H and O–H groups in total. The molecule has 0 aliphatic heterocycles. The Kier molecular flexibility index (Phi) is 5.76. The zero-order valence-electron chi connectivity index (χ0n) is 12.2. The van der Waals surface area contributed by atoms with Crippen LogP contribution < -0.4 is 5.32 Å². The number of carbonyl (C=O) groups is 2. The summed E-state index contributed by atoms with van der Waals surface area (Å²) in [5, 5.41) is 11.9. The number of hydrogen-bond donors (Lipinski definition) is 2. The van der Waals surface area contributed by atoms with E-state index in [1.807, 2.05) is 13.8 Å². The van der Waals surface area contributed by atoms with Gasteiger partial charge in [-0.05, 0) is 25.3 Å². The summed E-state index contributed by atoms with van der Waals surface area (Å²) in [4.78, 5) is 22.5. The molecule has 0 aliphatic carbocycles. The number of nitrogens with one attached hydrogen (secondary N) is 1. The van der Waals surface area contributed by atoms with Gasteiger partial charge < -0.3 is 14.3 Å². The number of methoxy groups -OCH3 is 1. The van der Waals surface area contributed by atoms with Crippen molar-refractivity contribution in [2.24, 2.45) is 5.92 Å². The molecule has 0 radical (unpaired) electrons. The molecule has 20 heavy (non-hydrogen) atoms. The van der Waals surface area contributed by atoms with E-state index in [0.29, 0.717) is 23.7 Å². The molecule has 0 aliphatic rings. The lowest BCUT2D eigenvalue weighted by atomic mass is 10.0. The Hall–Kier alpha value is -1.82. The van der Waals surface area contributed by atoms with Gasteiger partial charge in [0.2, 0.25) is 5.76 Å². The molecular formula is C14H21NO5. The molecule has 0 fully saturated rings. The van der Waals surface area contributed by atoms with E-state index in [-0.39, 0.29) is 18.3 Å². The number of ether oxygens (including phenoxy) is 1. The van der Waals surface area contributed by atoms with Gasteiger partial charge in [-0.1, -0.05) is 13.8 Å². The van der Waals surface area contributed by atoms with Gasteiger partial charge in [-0.2, -0.15) is 0 Å². The van der Waals surface area contributed by atoms with E-state index < -0.39 is 12.0 Å². The molecule has 1 atom stereocenters. The van der Waals surface area contributed by atoms with Gasteiger partial charge in [0.05, 0.1) is 13.7 Å². The highest BCUT2D eigenvalue weighted by molar-refractivity contribution is 5.86. The van der Waals surface area contributed by atoms with Crippen LogP contribution in [-0.4, -0.2) is 30.2 Å². The summed E-state index contributed by atoms with van der Waals surface area (Å²) in [5.74, 6) is -0.682. The zero-order valence-corrected chi connectivity index (χ0v) is 12.2. The van der Waals surface area contributed by atoms with Gasteiger partial charge in [0.1, 0.15) is 11.8 Å². The molecule has 0 spiro atoms. The molecule has 1 aromatic rings. The van der Waals surface area contributed by atoms with Crippen LogP contribution >= 0.6 is 0 Å². The minimum Gasteiger partial charge on any atom is -0.475 e. The summed E-state index contributed by atoms with van der Waals surface area (Å²) in [6.07, 6.45) is 0.637. The molecule has 1 unspecified atom stereocenters. The topological polar surface area (TPSA) is 88.8 Å².